The number of amides is 1. The second-order valence-corrected chi connectivity index (χ2v) is 6.31. The minimum Gasteiger partial charge on any atom is -0.406 e. The fourth-order valence-electron chi connectivity index (χ4n) is 3.00. The molecule has 2 aromatic rings. The van der Waals surface area contributed by atoms with Gasteiger partial charge in [-0.1, -0.05) is 12.1 Å². The van der Waals surface area contributed by atoms with Crippen LogP contribution in [-0.4, -0.2) is 25.4 Å². The molecular formula is C19H18F4N2O2. The van der Waals surface area contributed by atoms with Gasteiger partial charge < -0.3 is 15.0 Å². The summed E-state index contributed by atoms with van der Waals surface area (Å²) in [5.74, 6) is -1.19. The number of rotatable bonds is 5. The molecule has 1 aliphatic rings. The zero-order valence-electron chi connectivity index (χ0n) is 14.4. The lowest BCUT2D eigenvalue weighted by Crippen LogP contribution is -2.19. The summed E-state index contributed by atoms with van der Waals surface area (Å²) in [7, 11) is 0. The molecule has 1 N–H and O–H groups in total. The second kappa shape index (κ2) is 7.85. The molecule has 1 fully saturated rings. The summed E-state index contributed by atoms with van der Waals surface area (Å²) in [6.45, 7) is 1.70. The van der Waals surface area contributed by atoms with Gasteiger partial charge in [0.25, 0.3) is 0 Å². The smallest absolute Gasteiger partial charge is 0.406 e. The molecule has 8 heteroatoms. The average Bonchev–Trinajstić information content (AvgIpc) is 3.09. The van der Waals surface area contributed by atoms with Gasteiger partial charge in [-0.15, -0.1) is 13.2 Å². The Labute approximate surface area is 153 Å². The van der Waals surface area contributed by atoms with E-state index in [4.69, 9.17) is 0 Å². The van der Waals surface area contributed by atoms with Crippen LogP contribution in [0.2, 0.25) is 0 Å². The summed E-state index contributed by atoms with van der Waals surface area (Å²) in [6, 6.07) is 9.42. The molecule has 0 bridgehead atoms. The number of carbonyl (C=O) groups excluding carboxylic acids is 1. The molecule has 27 heavy (non-hydrogen) atoms. The first kappa shape index (κ1) is 19.0. The van der Waals surface area contributed by atoms with Crippen molar-refractivity contribution in [1.29, 1.82) is 0 Å². The van der Waals surface area contributed by atoms with Crippen LogP contribution in [0.5, 0.6) is 5.75 Å². The maximum atomic E-state index is 13.9. The van der Waals surface area contributed by atoms with E-state index in [0.29, 0.717) is 11.3 Å². The number of alkyl halides is 3. The third kappa shape index (κ3) is 5.60. The molecule has 144 valence electrons. The molecule has 3 rings (SSSR count). The predicted octanol–water partition coefficient (Wildman–Crippen LogP) is 4.51. The van der Waals surface area contributed by atoms with Crippen molar-refractivity contribution in [3.63, 3.8) is 0 Å². The van der Waals surface area contributed by atoms with E-state index < -0.39 is 18.1 Å². The van der Waals surface area contributed by atoms with Crippen LogP contribution < -0.4 is 15.0 Å². The van der Waals surface area contributed by atoms with Crippen LogP contribution in [-0.2, 0) is 11.2 Å². The van der Waals surface area contributed by atoms with Crippen molar-refractivity contribution in [2.75, 3.05) is 23.3 Å². The van der Waals surface area contributed by atoms with Gasteiger partial charge in [0, 0.05) is 24.5 Å². The third-order valence-electron chi connectivity index (χ3n) is 4.16. The minimum atomic E-state index is -4.76. The summed E-state index contributed by atoms with van der Waals surface area (Å²) in [5.41, 5.74) is 1.58. The first-order valence-electron chi connectivity index (χ1n) is 8.48. The van der Waals surface area contributed by atoms with Crippen LogP contribution in [0.1, 0.15) is 18.4 Å². The number of carbonyl (C=O) groups is 1. The molecule has 0 saturated carbocycles. The Morgan fingerprint density at radius 1 is 1.07 bits per heavy atom. The van der Waals surface area contributed by atoms with Crippen molar-refractivity contribution >= 4 is 17.3 Å². The van der Waals surface area contributed by atoms with Gasteiger partial charge in [0.05, 0.1) is 6.42 Å². The van der Waals surface area contributed by atoms with Crippen LogP contribution in [0.4, 0.5) is 28.9 Å². The lowest BCUT2D eigenvalue weighted by atomic mass is 10.1. The highest BCUT2D eigenvalue weighted by Crippen LogP contribution is 2.26. The molecule has 0 unspecified atom stereocenters. The quantitative estimate of drug-likeness (QED) is 0.774. The summed E-state index contributed by atoms with van der Waals surface area (Å²) >= 11 is 0. The number of hydrogen-bond donors (Lipinski definition) is 1. The number of benzene rings is 2. The maximum absolute atomic E-state index is 13.9. The lowest BCUT2D eigenvalue weighted by Gasteiger charge is -2.19. The summed E-state index contributed by atoms with van der Waals surface area (Å²) in [6.07, 6.45) is -2.72. The van der Waals surface area contributed by atoms with Gasteiger partial charge in [-0.2, -0.15) is 0 Å². The maximum Gasteiger partial charge on any atom is 0.573 e. The predicted molar refractivity (Wildman–Crippen MR) is 93.3 cm³/mol. The molecule has 0 atom stereocenters. The fraction of sp³-hybridized carbons (Fsp3) is 0.316. The molecular weight excluding hydrogens is 364 g/mol. The first-order chi connectivity index (χ1) is 12.8. The van der Waals surface area contributed by atoms with Gasteiger partial charge in [0.2, 0.25) is 5.91 Å². The van der Waals surface area contributed by atoms with Crippen molar-refractivity contribution < 1.29 is 27.1 Å². The van der Waals surface area contributed by atoms with E-state index in [1.807, 2.05) is 0 Å². The molecule has 1 aliphatic heterocycles. The number of nitrogens with zero attached hydrogens (tertiary/aromatic N) is 1. The minimum absolute atomic E-state index is 0.0537. The van der Waals surface area contributed by atoms with E-state index in [9.17, 15) is 22.4 Å². The molecule has 2 aromatic carbocycles. The summed E-state index contributed by atoms with van der Waals surface area (Å²) in [4.78, 5) is 14.2. The van der Waals surface area contributed by atoms with Gasteiger partial charge in [0.1, 0.15) is 11.6 Å². The number of halogens is 4. The van der Waals surface area contributed by atoms with E-state index >= 15 is 0 Å². The van der Waals surface area contributed by atoms with Crippen LogP contribution >= 0.6 is 0 Å². The Bertz CT molecular complexity index is 800. The van der Waals surface area contributed by atoms with Crippen LogP contribution in [0.15, 0.2) is 42.5 Å². The van der Waals surface area contributed by atoms with E-state index in [-0.39, 0.29) is 12.2 Å². The van der Waals surface area contributed by atoms with Crippen LogP contribution in [0.3, 0.4) is 0 Å². The summed E-state index contributed by atoms with van der Waals surface area (Å²) in [5, 5.41) is 2.63. The van der Waals surface area contributed by atoms with E-state index in [1.165, 1.54) is 24.3 Å². The van der Waals surface area contributed by atoms with Gasteiger partial charge >= 0.3 is 6.36 Å². The summed E-state index contributed by atoms with van der Waals surface area (Å²) < 4.78 is 54.1. The Kier molecular flexibility index (Phi) is 5.53. The van der Waals surface area contributed by atoms with Crippen molar-refractivity contribution in [2.45, 2.75) is 25.6 Å². The standard InChI is InChI=1S/C19H18F4N2O2/c20-14-10-15(12-16(11-14)25-7-1-2-8-25)24-18(26)9-13-3-5-17(6-4-13)27-19(21,22)23/h3-6,10-12H,1-2,7-9H2,(H,24,26). The molecule has 4 nitrogen and oxygen atoms in total. The number of ether oxygens (including phenoxy) is 1. The van der Waals surface area contributed by atoms with Gasteiger partial charge in [-0.25, -0.2) is 4.39 Å². The van der Waals surface area contributed by atoms with Crippen LogP contribution in [0, 0.1) is 5.82 Å². The molecule has 1 heterocycles. The normalized spacial score (nSPS) is 14.3. The highest BCUT2D eigenvalue weighted by atomic mass is 19.4. The van der Waals surface area contributed by atoms with Crippen molar-refractivity contribution in [1.82, 2.24) is 0 Å². The Morgan fingerprint density at radius 2 is 1.74 bits per heavy atom. The molecule has 0 radical (unpaired) electrons. The monoisotopic (exact) mass is 382 g/mol. The van der Waals surface area contributed by atoms with Crippen molar-refractivity contribution in [2.24, 2.45) is 0 Å². The average molecular weight is 382 g/mol. The van der Waals surface area contributed by atoms with Gasteiger partial charge in [-0.3, -0.25) is 4.79 Å². The Hall–Kier alpha value is -2.77. The highest BCUT2D eigenvalue weighted by molar-refractivity contribution is 5.92. The van der Waals surface area contributed by atoms with E-state index in [2.05, 4.69) is 15.0 Å². The molecule has 0 aliphatic carbocycles. The lowest BCUT2D eigenvalue weighted by molar-refractivity contribution is -0.274. The van der Waals surface area contributed by atoms with Gasteiger partial charge in [0.15, 0.2) is 0 Å². The number of hydrogen-bond acceptors (Lipinski definition) is 3. The van der Waals surface area contributed by atoms with Crippen molar-refractivity contribution in [3.05, 3.63) is 53.8 Å². The zero-order valence-corrected chi connectivity index (χ0v) is 14.4. The Morgan fingerprint density at radius 3 is 2.37 bits per heavy atom. The van der Waals surface area contributed by atoms with Crippen molar-refractivity contribution in [3.8, 4) is 5.75 Å². The second-order valence-electron chi connectivity index (χ2n) is 6.31. The fourth-order valence-corrected chi connectivity index (χ4v) is 3.00. The zero-order chi connectivity index (χ0) is 19.4. The van der Waals surface area contributed by atoms with Gasteiger partial charge in [-0.05, 0) is 48.7 Å². The van der Waals surface area contributed by atoms with Crippen LogP contribution in [0.25, 0.3) is 0 Å². The largest absolute Gasteiger partial charge is 0.573 e. The molecule has 1 amide bonds. The molecule has 0 aromatic heterocycles. The Balaban J connectivity index is 1.62. The number of nitrogens with one attached hydrogen (secondary N) is 1. The SMILES string of the molecule is O=C(Cc1ccc(OC(F)(F)F)cc1)Nc1cc(F)cc(N2CCCC2)c1. The van der Waals surface area contributed by atoms with E-state index in [1.54, 1.807) is 6.07 Å². The molecule has 0 spiro atoms. The first-order valence-corrected chi connectivity index (χ1v) is 8.48. The topological polar surface area (TPSA) is 41.6 Å². The third-order valence-corrected chi connectivity index (χ3v) is 4.16. The number of anilines is 2. The molecule has 1 saturated heterocycles. The van der Waals surface area contributed by atoms with E-state index in [0.717, 1.165) is 43.8 Å². The highest BCUT2D eigenvalue weighted by Gasteiger charge is 2.30.